The van der Waals surface area contributed by atoms with Gasteiger partial charge in [0.05, 0.1) is 27.2 Å². The first-order valence-electron chi connectivity index (χ1n) is 5.99. The highest BCUT2D eigenvalue weighted by Crippen LogP contribution is 2.32. The van der Waals surface area contributed by atoms with Crippen LogP contribution in [-0.2, 0) is 0 Å². The van der Waals surface area contributed by atoms with E-state index < -0.39 is 5.97 Å². The van der Waals surface area contributed by atoms with Crippen molar-refractivity contribution in [3.63, 3.8) is 0 Å². The lowest BCUT2D eigenvalue weighted by molar-refractivity contribution is 0.0697. The summed E-state index contributed by atoms with van der Waals surface area (Å²) in [5.74, 6) is -1.01. The largest absolute Gasteiger partial charge is 0.478 e. The topological polar surface area (TPSA) is 88.2 Å². The van der Waals surface area contributed by atoms with Crippen LogP contribution in [0.3, 0.4) is 0 Å². The summed E-state index contributed by atoms with van der Waals surface area (Å²) in [6.45, 7) is 0. The molecule has 0 saturated carbocycles. The molecule has 0 saturated heterocycles. The fourth-order valence-corrected chi connectivity index (χ4v) is 3.03. The van der Waals surface area contributed by atoms with Gasteiger partial charge in [-0.15, -0.1) is 0 Å². The number of nitrogens with one attached hydrogen (secondary N) is 1. The molecule has 106 valence electrons. The van der Waals surface area contributed by atoms with Crippen molar-refractivity contribution in [3.8, 4) is 0 Å². The highest BCUT2D eigenvalue weighted by atomic mass is 35.5. The molecular formula is C14H10ClN3O2S. The summed E-state index contributed by atoms with van der Waals surface area (Å²) in [6.07, 6.45) is 0. The number of anilines is 3. The summed E-state index contributed by atoms with van der Waals surface area (Å²) in [5, 5.41) is 13.3. The highest BCUT2D eigenvalue weighted by Gasteiger charge is 2.09. The van der Waals surface area contributed by atoms with E-state index in [1.165, 1.54) is 23.5 Å². The Morgan fingerprint density at radius 3 is 2.81 bits per heavy atom. The number of aromatic nitrogens is 1. The number of nitrogen functional groups attached to an aromatic ring is 1. The highest BCUT2D eigenvalue weighted by molar-refractivity contribution is 7.22. The molecule has 5 nitrogen and oxygen atoms in total. The number of benzene rings is 2. The Bertz CT molecular complexity index is 847. The van der Waals surface area contributed by atoms with Crippen molar-refractivity contribution >= 4 is 55.6 Å². The molecule has 0 bridgehead atoms. The quantitative estimate of drug-likeness (QED) is 0.636. The Morgan fingerprint density at radius 2 is 2.10 bits per heavy atom. The van der Waals surface area contributed by atoms with E-state index >= 15 is 0 Å². The lowest BCUT2D eigenvalue weighted by atomic mass is 10.2. The molecular weight excluding hydrogens is 310 g/mol. The maximum Gasteiger partial charge on any atom is 0.335 e. The van der Waals surface area contributed by atoms with Gasteiger partial charge in [-0.3, -0.25) is 0 Å². The predicted octanol–water partition coefficient (Wildman–Crippen LogP) is 3.97. The fraction of sp³-hybridized carbons (Fsp3) is 0. The summed E-state index contributed by atoms with van der Waals surface area (Å²) in [4.78, 5) is 15.3. The molecule has 4 N–H and O–H groups in total. The van der Waals surface area contributed by atoms with Crippen molar-refractivity contribution < 1.29 is 9.90 Å². The number of nitrogens with zero attached hydrogens (tertiary/aromatic N) is 1. The molecule has 3 rings (SSSR count). The Hall–Kier alpha value is -2.31. The zero-order valence-corrected chi connectivity index (χ0v) is 12.2. The van der Waals surface area contributed by atoms with Gasteiger partial charge in [-0.1, -0.05) is 22.9 Å². The van der Waals surface area contributed by atoms with Crippen molar-refractivity contribution in [1.82, 2.24) is 4.98 Å². The van der Waals surface area contributed by atoms with Crippen LogP contribution < -0.4 is 11.1 Å². The van der Waals surface area contributed by atoms with E-state index in [0.29, 0.717) is 21.5 Å². The van der Waals surface area contributed by atoms with Crippen molar-refractivity contribution in [2.24, 2.45) is 0 Å². The predicted molar refractivity (Wildman–Crippen MR) is 85.7 cm³/mol. The maximum absolute atomic E-state index is 10.9. The summed E-state index contributed by atoms with van der Waals surface area (Å²) in [5.41, 5.74) is 7.81. The first-order chi connectivity index (χ1) is 10.0. The second-order valence-corrected chi connectivity index (χ2v) is 5.83. The Kier molecular flexibility index (Phi) is 3.40. The lowest BCUT2D eigenvalue weighted by Crippen LogP contribution is -2.01. The van der Waals surface area contributed by atoms with Crippen molar-refractivity contribution in [3.05, 3.63) is 47.0 Å². The van der Waals surface area contributed by atoms with Gasteiger partial charge >= 0.3 is 5.97 Å². The monoisotopic (exact) mass is 319 g/mol. The summed E-state index contributed by atoms with van der Waals surface area (Å²) < 4.78 is 0.964. The van der Waals surface area contributed by atoms with Crippen LogP contribution in [0.25, 0.3) is 10.2 Å². The molecule has 0 aliphatic carbocycles. The molecule has 0 aliphatic rings. The lowest BCUT2D eigenvalue weighted by Gasteiger charge is -2.06. The number of fused-ring (bicyclic) bond motifs is 1. The second kappa shape index (κ2) is 5.23. The first-order valence-corrected chi connectivity index (χ1v) is 7.18. The van der Waals surface area contributed by atoms with Gasteiger partial charge in [0.2, 0.25) is 0 Å². The van der Waals surface area contributed by atoms with Gasteiger partial charge in [-0.2, -0.15) is 0 Å². The third-order valence-electron chi connectivity index (χ3n) is 2.89. The van der Waals surface area contributed by atoms with Gasteiger partial charge in [0.15, 0.2) is 5.13 Å². The van der Waals surface area contributed by atoms with Crippen LogP contribution in [0.5, 0.6) is 0 Å². The van der Waals surface area contributed by atoms with Crippen LogP contribution in [0.15, 0.2) is 36.4 Å². The number of carboxylic acids is 1. The van der Waals surface area contributed by atoms with Gasteiger partial charge in [0, 0.05) is 5.02 Å². The van der Waals surface area contributed by atoms with E-state index in [1.807, 2.05) is 12.1 Å². The van der Waals surface area contributed by atoms with E-state index in [-0.39, 0.29) is 5.56 Å². The third-order valence-corrected chi connectivity index (χ3v) is 4.06. The van der Waals surface area contributed by atoms with Gasteiger partial charge in [-0.05, 0) is 36.4 Å². The van der Waals surface area contributed by atoms with Gasteiger partial charge in [0.1, 0.15) is 0 Å². The molecule has 3 aromatic rings. The van der Waals surface area contributed by atoms with Crippen LogP contribution in [0.2, 0.25) is 5.02 Å². The normalized spacial score (nSPS) is 10.7. The fourth-order valence-electron chi connectivity index (χ4n) is 1.88. The molecule has 2 aromatic carbocycles. The Balaban J connectivity index is 1.93. The zero-order valence-electron chi connectivity index (χ0n) is 10.6. The number of hydrogen-bond donors (Lipinski definition) is 3. The van der Waals surface area contributed by atoms with Crippen molar-refractivity contribution in [1.29, 1.82) is 0 Å². The number of halogens is 1. The van der Waals surface area contributed by atoms with Gasteiger partial charge in [0.25, 0.3) is 0 Å². The molecule has 1 heterocycles. The molecule has 0 atom stereocenters. The molecule has 0 fully saturated rings. The number of carbonyl (C=O) groups is 1. The van der Waals surface area contributed by atoms with Crippen molar-refractivity contribution in [2.45, 2.75) is 0 Å². The summed E-state index contributed by atoms with van der Waals surface area (Å²) in [6, 6.07) is 9.99. The van der Waals surface area contributed by atoms with Crippen molar-refractivity contribution in [2.75, 3.05) is 11.1 Å². The molecule has 0 unspecified atom stereocenters. The smallest absolute Gasteiger partial charge is 0.335 e. The molecule has 0 amide bonds. The average Bonchev–Trinajstić information content (AvgIpc) is 2.82. The molecule has 0 aliphatic heterocycles. The van der Waals surface area contributed by atoms with Gasteiger partial charge < -0.3 is 16.2 Å². The average molecular weight is 320 g/mol. The number of rotatable bonds is 3. The number of aromatic carboxylic acids is 1. The van der Waals surface area contributed by atoms with Crippen LogP contribution in [-0.4, -0.2) is 16.1 Å². The van der Waals surface area contributed by atoms with E-state index in [0.717, 1.165) is 10.2 Å². The van der Waals surface area contributed by atoms with Crippen LogP contribution in [0.1, 0.15) is 10.4 Å². The van der Waals surface area contributed by atoms with Crippen LogP contribution in [0, 0.1) is 0 Å². The Morgan fingerprint density at radius 1 is 1.29 bits per heavy atom. The number of hydrogen-bond acceptors (Lipinski definition) is 5. The third kappa shape index (κ3) is 2.76. The van der Waals surface area contributed by atoms with E-state index in [4.69, 9.17) is 22.4 Å². The van der Waals surface area contributed by atoms with E-state index in [9.17, 15) is 4.79 Å². The molecule has 0 radical (unpaired) electrons. The van der Waals surface area contributed by atoms with Crippen LogP contribution >= 0.6 is 22.9 Å². The molecule has 1 aromatic heterocycles. The minimum absolute atomic E-state index is 0.147. The van der Waals surface area contributed by atoms with E-state index in [1.54, 1.807) is 12.1 Å². The minimum Gasteiger partial charge on any atom is -0.478 e. The zero-order chi connectivity index (χ0) is 15.0. The minimum atomic E-state index is -1.01. The number of thiazole rings is 1. The molecule has 7 heteroatoms. The number of nitrogens with two attached hydrogens (primary N) is 1. The summed E-state index contributed by atoms with van der Waals surface area (Å²) in [7, 11) is 0. The molecule has 0 spiro atoms. The Labute approximate surface area is 129 Å². The van der Waals surface area contributed by atoms with Gasteiger partial charge in [-0.25, -0.2) is 9.78 Å². The number of carboxylic acid groups (broad SMARTS) is 1. The molecule has 21 heavy (non-hydrogen) atoms. The SMILES string of the molecule is Nc1cc(C(=O)O)ccc1Nc1nc2ccc(Cl)cc2s1. The second-order valence-electron chi connectivity index (χ2n) is 4.36. The maximum atomic E-state index is 10.9. The van der Waals surface area contributed by atoms with Crippen LogP contribution in [0.4, 0.5) is 16.5 Å². The van der Waals surface area contributed by atoms with E-state index in [2.05, 4.69) is 10.3 Å². The summed E-state index contributed by atoms with van der Waals surface area (Å²) >= 11 is 7.39. The standard InChI is InChI=1S/C14H10ClN3O2S/c15-8-2-4-11-12(6-8)21-14(18-11)17-10-3-1-7(13(19)20)5-9(10)16/h1-6H,16H2,(H,17,18)(H,19,20). The first kappa shape index (κ1) is 13.7.